The van der Waals surface area contributed by atoms with Gasteiger partial charge < -0.3 is 14.9 Å². The zero-order valence-corrected chi connectivity index (χ0v) is 9.83. The fourth-order valence-electron chi connectivity index (χ4n) is 1.93. The van der Waals surface area contributed by atoms with Gasteiger partial charge in [-0.15, -0.1) is 0 Å². The van der Waals surface area contributed by atoms with E-state index in [1.54, 1.807) is 18.2 Å². The molecule has 4 heteroatoms. The van der Waals surface area contributed by atoms with Crippen LogP contribution >= 0.6 is 0 Å². The highest BCUT2D eigenvalue weighted by atomic mass is 16.5. The molecule has 0 bridgehead atoms. The summed E-state index contributed by atoms with van der Waals surface area (Å²) in [5.41, 5.74) is 0.824. The molecule has 1 heterocycles. The highest BCUT2D eigenvalue weighted by Crippen LogP contribution is 2.34. The molecule has 4 nitrogen and oxygen atoms in total. The SMILES string of the molecule is O=C1/C(=C/c2ccccc2O)Oc2ccc(O)cc21. The second kappa shape index (κ2) is 4.17. The average molecular weight is 254 g/mol. The first kappa shape index (κ1) is 11.3. The Labute approximate surface area is 109 Å². The quantitative estimate of drug-likeness (QED) is 0.768. The fourth-order valence-corrected chi connectivity index (χ4v) is 1.93. The predicted octanol–water partition coefficient (Wildman–Crippen LogP) is 2.71. The minimum atomic E-state index is -0.311. The Balaban J connectivity index is 2.03. The van der Waals surface area contributed by atoms with E-state index in [4.69, 9.17) is 4.74 Å². The van der Waals surface area contributed by atoms with Gasteiger partial charge in [0.2, 0.25) is 5.78 Å². The summed E-state index contributed by atoms with van der Waals surface area (Å²) in [6.07, 6.45) is 1.48. The minimum Gasteiger partial charge on any atom is -0.508 e. The van der Waals surface area contributed by atoms with Gasteiger partial charge in [0.15, 0.2) is 5.76 Å². The molecule has 0 radical (unpaired) electrons. The number of rotatable bonds is 1. The van der Waals surface area contributed by atoms with Crippen LogP contribution in [0.15, 0.2) is 48.2 Å². The number of fused-ring (bicyclic) bond motifs is 1. The van der Waals surface area contributed by atoms with E-state index < -0.39 is 0 Å². The van der Waals surface area contributed by atoms with Crippen LogP contribution in [0, 0.1) is 0 Å². The first-order chi connectivity index (χ1) is 9.15. The fraction of sp³-hybridized carbons (Fsp3) is 0. The lowest BCUT2D eigenvalue weighted by atomic mass is 10.1. The van der Waals surface area contributed by atoms with Gasteiger partial charge in [-0.2, -0.15) is 0 Å². The molecule has 0 aromatic heterocycles. The van der Waals surface area contributed by atoms with E-state index in [1.165, 1.54) is 30.3 Å². The normalized spacial score (nSPS) is 15.4. The lowest BCUT2D eigenvalue weighted by Crippen LogP contribution is -1.98. The van der Waals surface area contributed by atoms with Gasteiger partial charge in [0.1, 0.15) is 17.2 Å². The van der Waals surface area contributed by atoms with Crippen molar-refractivity contribution in [1.29, 1.82) is 0 Å². The van der Waals surface area contributed by atoms with Gasteiger partial charge in [-0.25, -0.2) is 0 Å². The standard InChI is InChI=1S/C15H10O4/c16-10-5-6-13-11(8-10)15(18)14(19-13)7-9-3-1-2-4-12(9)17/h1-8,16-17H/b14-7-. The Bertz CT molecular complexity index is 701. The summed E-state index contributed by atoms with van der Waals surface area (Å²) in [5.74, 6) is 0.311. The van der Waals surface area contributed by atoms with Crippen molar-refractivity contribution in [3.8, 4) is 17.2 Å². The van der Waals surface area contributed by atoms with Crippen molar-refractivity contribution >= 4 is 11.9 Å². The maximum absolute atomic E-state index is 12.1. The number of para-hydroxylation sites is 1. The summed E-state index contributed by atoms with van der Waals surface area (Å²) < 4.78 is 5.42. The number of Topliss-reactive ketones (excluding diaryl/α,β-unsaturated/α-hetero) is 1. The molecule has 3 rings (SSSR count). The first-order valence-electron chi connectivity index (χ1n) is 5.70. The number of benzene rings is 2. The number of ketones is 1. The maximum atomic E-state index is 12.1. The van der Waals surface area contributed by atoms with Crippen molar-refractivity contribution in [3.05, 3.63) is 59.4 Å². The molecule has 94 valence electrons. The van der Waals surface area contributed by atoms with Gasteiger partial charge >= 0.3 is 0 Å². The molecule has 0 saturated heterocycles. The van der Waals surface area contributed by atoms with E-state index in [1.807, 2.05) is 0 Å². The summed E-state index contributed by atoms with van der Waals surface area (Å²) in [4.78, 5) is 12.1. The van der Waals surface area contributed by atoms with Gasteiger partial charge in [-0.1, -0.05) is 18.2 Å². The molecular formula is C15H10O4. The van der Waals surface area contributed by atoms with Crippen LogP contribution in [0.3, 0.4) is 0 Å². The lowest BCUT2D eigenvalue weighted by molar-refractivity contribution is 0.101. The van der Waals surface area contributed by atoms with Crippen LogP contribution < -0.4 is 4.74 Å². The molecule has 2 aromatic carbocycles. The Kier molecular flexibility index (Phi) is 2.49. The Morgan fingerprint density at radius 2 is 1.84 bits per heavy atom. The van der Waals surface area contributed by atoms with Crippen LogP contribution in [0.5, 0.6) is 17.2 Å². The van der Waals surface area contributed by atoms with Crippen molar-refractivity contribution < 1.29 is 19.7 Å². The Hall–Kier alpha value is -2.75. The van der Waals surface area contributed by atoms with E-state index in [0.717, 1.165) is 0 Å². The number of phenols is 2. The number of phenolic OH excluding ortho intramolecular Hbond substituents is 2. The monoisotopic (exact) mass is 254 g/mol. The van der Waals surface area contributed by atoms with Crippen LogP contribution in [-0.2, 0) is 0 Å². The van der Waals surface area contributed by atoms with Crippen molar-refractivity contribution in [3.63, 3.8) is 0 Å². The van der Waals surface area contributed by atoms with E-state index in [0.29, 0.717) is 16.9 Å². The summed E-state index contributed by atoms with van der Waals surface area (Å²) in [6.45, 7) is 0. The molecule has 0 fully saturated rings. The molecule has 0 unspecified atom stereocenters. The molecule has 0 saturated carbocycles. The van der Waals surface area contributed by atoms with Crippen LogP contribution in [0.2, 0.25) is 0 Å². The molecule has 2 aromatic rings. The van der Waals surface area contributed by atoms with E-state index >= 15 is 0 Å². The Morgan fingerprint density at radius 3 is 2.63 bits per heavy atom. The van der Waals surface area contributed by atoms with Crippen molar-refractivity contribution in [2.75, 3.05) is 0 Å². The second-order valence-electron chi connectivity index (χ2n) is 4.18. The van der Waals surface area contributed by atoms with Crippen molar-refractivity contribution in [1.82, 2.24) is 0 Å². The third-order valence-electron chi connectivity index (χ3n) is 2.87. The minimum absolute atomic E-state index is 0.0134. The number of hydrogen-bond donors (Lipinski definition) is 2. The third kappa shape index (κ3) is 1.93. The van der Waals surface area contributed by atoms with Gasteiger partial charge in [0.25, 0.3) is 0 Å². The topological polar surface area (TPSA) is 66.8 Å². The van der Waals surface area contributed by atoms with Crippen molar-refractivity contribution in [2.24, 2.45) is 0 Å². The molecule has 0 atom stereocenters. The summed E-state index contributed by atoms with van der Waals surface area (Å²) >= 11 is 0. The molecule has 1 aliphatic heterocycles. The molecule has 1 aliphatic rings. The molecule has 19 heavy (non-hydrogen) atoms. The molecule has 2 N–H and O–H groups in total. The highest BCUT2D eigenvalue weighted by Gasteiger charge is 2.27. The number of ether oxygens (including phenoxy) is 1. The van der Waals surface area contributed by atoms with Crippen molar-refractivity contribution in [2.45, 2.75) is 0 Å². The zero-order valence-electron chi connectivity index (χ0n) is 9.83. The molecule has 0 aliphatic carbocycles. The first-order valence-corrected chi connectivity index (χ1v) is 5.70. The largest absolute Gasteiger partial charge is 0.508 e. The van der Waals surface area contributed by atoms with E-state index in [-0.39, 0.29) is 23.0 Å². The van der Waals surface area contributed by atoms with E-state index in [2.05, 4.69) is 0 Å². The molecular weight excluding hydrogens is 244 g/mol. The number of aromatic hydroxyl groups is 2. The van der Waals surface area contributed by atoms with Gasteiger partial charge in [0.05, 0.1) is 5.56 Å². The van der Waals surface area contributed by atoms with Crippen LogP contribution in [0.4, 0.5) is 0 Å². The van der Waals surface area contributed by atoms with Crippen LogP contribution in [0.1, 0.15) is 15.9 Å². The summed E-state index contributed by atoms with van der Waals surface area (Å²) in [5, 5.41) is 19.0. The maximum Gasteiger partial charge on any atom is 0.232 e. The van der Waals surface area contributed by atoms with Gasteiger partial charge in [0, 0.05) is 5.56 Å². The number of hydrogen-bond acceptors (Lipinski definition) is 4. The second-order valence-corrected chi connectivity index (χ2v) is 4.18. The average Bonchev–Trinajstić information content (AvgIpc) is 2.70. The van der Waals surface area contributed by atoms with Gasteiger partial charge in [-0.05, 0) is 30.3 Å². The van der Waals surface area contributed by atoms with Gasteiger partial charge in [-0.3, -0.25) is 4.79 Å². The Morgan fingerprint density at radius 1 is 1.05 bits per heavy atom. The lowest BCUT2D eigenvalue weighted by Gasteiger charge is -2.00. The zero-order chi connectivity index (χ0) is 13.4. The number of allylic oxidation sites excluding steroid dienone is 1. The van der Waals surface area contributed by atoms with Crippen LogP contribution in [-0.4, -0.2) is 16.0 Å². The number of carbonyl (C=O) groups is 1. The third-order valence-corrected chi connectivity index (χ3v) is 2.87. The summed E-state index contributed by atoms with van der Waals surface area (Å²) in [7, 11) is 0. The van der Waals surface area contributed by atoms with E-state index in [9.17, 15) is 15.0 Å². The van der Waals surface area contributed by atoms with Crippen LogP contribution in [0.25, 0.3) is 6.08 Å². The molecule has 0 spiro atoms. The predicted molar refractivity (Wildman–Crippen MR) is 69.1 cm³/mol. The smallest absolute Gasteiger partial charge is 0.232 e. The summed E-state index contributed by atoms with van der Waals surface area (Å²) in [6, 6.07) is 11.0. The number of carbonyl (C=O) groups excluding carboxylic acids is 1. The molecule has 0 amide bonds. The highest BCUT2D eigenvalue weighted by molar-refractivity contribution is 6.14.